The maximum atomic E-state index is 5.18. The van der Waals surface area contributed by atoms with E-state index in [4.69, 9.17) is 11.5 Å². The molecule has 0 amide bonds. The first kappa shape index (κ1) is 10.4. The van der Waals surface area contributed by atoms with E-state index in [0.29, 0.717) is 6.54 Å². The summed E-state index contributed by atoms with van der Waals surface area (Å²) in [4.78, 5) is 0. The molecule has 1 aromatic carbocycles. The molecule has 0 fully saturated rings. The van der Waals surface area contributed by atoms with Crippen molar-refractivity contribution in [3.05, 3.63) is 34.9 Å². The first-order valence-electron chi connectivity index (χ1n) is 4.47. The van der Waals surface area contributed by atoms with Gasteiger partial charge in [-0.05, 0) is 25.0 Å². The maximum absolute atomic E-state index is 5.18. The fourth-order valence-electron chi connectivity index (χ4n) is 1.26. The Morgan fingerprint density at radius 2 is 2.07 bits per heavy atom. The van der Waals surface area contributed by atoms with E-state index in [1.807, 2.05) is 0 Å². The van der Waals surface area contributed by atoms with Crippen LogP contribution in [0.2, 0.25) is 0 Å². The van der Waals surface area contributed by atoms with Crippen molar-refractivity contribution in [3.63, 3.8) is 0 Å². The van der Waals surface area contributed by atoms with Crippen molar-refractivity contribution in [3.8, 4) is 0 Å². The van der Waals surface area contributed by atoms with Crippen LogP contribution in [0.15, 0.2) is 23.3 Å². The van der Waals surface area contributed by atoms with Gasteiger partial charge in [0.1, 0.15) is 0 Å². The third-order valence-electron chi connectivity index (χ3n) is 1.98. The molecule has 4 heteroatoms. The molecule has 14 heavy (non-hydrogen) atoms. The Labute approximate surface area is 84.0 Å². The van der Waals surface area contributed by atoms with Crippen LogP contribution in [0.3, 0.4) is 0 Å². The van der Waals surface area contributed by atoms with Gasteiger partial charge in [0.15, 0.2) is 0 Å². The van der Waals surface area contributed by atoms with E-state index in [9.17, 15) is 0 Å². The molecular formula is C10H16N4. The Bertz CT molecular complexity index is 340. The lowest BCUT2D eigenvalue weighted by Gasteiger charge is -2.06. The van der Waals surface area contributed by atoms with Crippen LogP contribution in [0.25, 0.3) is 0 Å². The molecule has 5 N–H and O–H groups in total. The third kappa shape index (κ3) is 2.97. The molecule has 0 atom stereocenters. The lowest BCUT2D eigenvalue weighted by atomic mass is 10.1. The van der Waals surface area contributed by atoms with Gasteiger partial charge in [-0.15, -0.1) is 5.10 Å². The van der Waals surface area contributed by atoms with Crippen LogP contribution in [0.5, 0.6) is 0 Å². The topological polar surface area (TPSA) is 76.4 Å². The summed E-state index contributed by atoms with van der Waals surface area (Å²) in [5.41, 5.74) is 16.9. The molecule has 0 aliphatic carbocycles. The van der Waals surface area contributed by atoms with Gasteiger partial charge in [-0.3, -0.25) is 0 Å². The molecule has 0 aliphatic heterocycles. The number of nitrogens with two attached hydrogens (primary N) is 2. The SMILES string of the molecule is Cc1ccc(CNN=C(N)N)c(C)c1. The Morgan fingerprint density at radius 3 is 2.64 bits per heavy atom. The summed E-state index contributed by atoms with van der Waals surface area (Å²) >= 11 is 0. The molecule has 0 aromatic heterocycles. The molecule has 4 nitrogen and oxygen atoms in total. The van der Waals surface area contributed by atoms with Crippen molar-refractivity contribution in [1.29, 1.82) is 0 Å². The van der Waals surface area contributed by atoms with Crippen molar-refractivity contribution >= 4 is 5.96 Å². The van der Waals surface area contributed by atoms with Gasteiger partial charge >= 0.3 is 0 Å². The minimum atomic E-state index is 0.0507. The fraction of sp³-hybridized carbons (Fsp3) is 0.300. The Balaban J connectivity index is 2.64. The van der Waals surface area contributed by atoms with Crippen LogP contribution in [0.1, 0.15) is 16.7 Å². The summed E-state index contributed by atoms with van der Waals surface area (Å²) in [6.45, 7) is 4.78. The molecule has 0 heterocycles. The summed E-state index contributed by atoms with van der Waals surface area (Å²) in [6, 6.07) is 6.27. The van der Waals surface area contributed by atoms with Gasteiger partial charge in [-0.25, -0.2) is 0 Å². The van der Waals surface area contributed by atoms with E-state index >= 15 is 0 Å². The van der Waals surface area contributed by atoms with Crippen LogP contribution in [-0.4, -0.2) is 5.96 Å². The second kappa shape index (κ2) is 4.50. The van der Waals surface area contributed by atoms with E-state index in [1.165, 1.54) is 16.7 Å². The lowest BCUT2D eigenvalue weighted by molar-refractivity contribution is 0.737. The maximum Gasteiger partial charge on any atom is 0.208 e. The second-order valence-corrected chi connectivity index (χ2v) is 3.30. The number of rotatable bonds is 3. The molecule has 0 saturated heterocycles. The largest absolute Gasteiger partial charge is 0.369 e. The number of nitrogens with one attached hydrogen (secondary N) is 1. The van der Waals surface area contributed by atoms with E-state index in [-0.39, 0.29) is 5.96 Å². The predicted molar refractivity (Wildman–Crippen MR) is 58.6 cm³/mol. The Hall–Kier alpha value is -1.71. The number of hydrazone groups is 1. The molecule has 0 bridgehead atoms. The van der Waals surface area contributed by atoms with E-state index in [2.05, 4.69) is 42.6 Å². The summed E-state index contributed by atoms with van der Waals surface area (Å²) in [5, 5.41) is 3.71. The van der Waals surface area contributed by atoms with Gasteiger partial charge in [-0.1, -0.05) is 23.8 Å². The first-order chi connectivity index (χ1) is 6.59. The highest BCUT2D eigenvalue weighted by Crippen LogP contribution is 2.09. The highest BCUT2D eigenvalue weighted by Gasteiger charge is 1.96. The summed E-state index contributed by atoms with van der Waals surface area (Å²) in [7, 11) is 0. The van der Waals surface area contributed by atoms with Gasteiger partial charge in [-0.2, -0.15) is 0 Å². The molecular weight excluding hydrogens is 176 g/mol. The smallest absolute Gasteiger partial charge is 0.208 e. The highest BCUT2D eigenvalue weighted by atomic mass is 15.3. The minimum Gasteiger partial charge on any atom is -0.369 e. The number of nitrogens with zero attached hydrogens (tertiary/aromatic N) is 1. The molecule has 0 radical (unpaired) electrons. The summed E-state index contributed by atoms with van der Waals surface area (Å²) < 4.78 is 0. The predicted octanol–water partition coefficient (Wildman–Crippen LogP) is 0.581. The molecule has 1 aromatic rings. The number of hydrogen-bond donors (Lipinski definition) is 3. The van der Waals surface area contributed by atoms with Crippen molar-refractivity contribution in [2.24, 2.45) is 16.6 Å². The standard InChI is InChI=1S/C10H16N4/c1-7-3-4-9(8(2)5-7)6-13-14-10(11)12/h3-5,13H,6H2,1-2H3,(H4,11,12,14). The Kier molecular flexibility index (Phi) is 3.34. The van der Waals surface area contributed by atoms with Crippen LogP contribution >= 0.6 is 0 Å². The van der Waals surface area contributed by atoms with Crippen molar-refractivity contribution in [2.45, 2.75) is 20.4 Å². The van der Waals surface area contributed by atoms with Crippen molar-refractivity contribution < 1.29 is 0 Å². The number of hydrogen-bond acceptors (Lipinski definition) is 2. The van der Waals surface area contributed by atoms with Gasteiger partial charge in [0.05, 0.1) is 6.54 Å². The average Bonchev–Trinajstić information content (AvgIpc) is 2.08. The second-order valence-electron chi connectivity index (χ2n) is 3.30. The number of guanidine groups is 1. The molecule has 0 saturated carbocycles. The summed E-state index contributed by atoms with van der Waals surface area (Å²) in [6.07, 6.45) is 0. The van der Waals surface area contributed by atoms with Crippen LogP contribution in [0.4, 0.5) is 0 Å². The normalized spacial score (nSPS) is 9.57. The third-order valence-corrected chi connectivity index (χ3v) is 1.98. The molecule has 0 unspecified atom stereocenters. The van der Waals surface area contributed by atoms with Gasteiger partial charge < -0.3 is 16.9 Å². The monoisotopic (exact) mass is 192 g/mol. The van der Waals surface area contributed by atoms with E-state index in [0.717, 1.165) is 0 Å². The van der Waals surface area contributed by atoms with Crippen molar-refractivity contribution in [2.75, 3.05) is 0 Å². The van der Waals surface area contributed by atoms with Crippen LogP contribution in [0, 0.1) is 13.8 Å². The highest BCUT2D eigenvalue weighted by molar-refractivity contribution is 5.75. The quantitative estimate of drug-likeness (QED) is 0.372. The molecule has 1 rings (SSSR count). The number of benzene rings is 1. The van der Waals surface area contributed by atoms with Gasteiger partial charge in [0.25, 0.3) is 0 Å². The zero-order valence-electron chi connectivity index (χ0n) is 8.54. The first-order valence-corrected chi connectivity index (χ1v) is 4.47. The van der Waals surface area contributed by atoms with Gasteiger partial charge in [0.2, 0.25) is 5.96 Å². The van der Waals surface area contributed by atoms with E-state index < -0.39 is 0 Å². The molecule has 0 aliphatic rings. The molecule has 0 spiro atoms. The average molecular weight is 192 g/mol. The molecule has 76 valence electrons. The minimum absolute atomic E-state index is 0.0507. The van der Waals surface area contributed by atoms with Crippen LogP contribution < -0.4 is 16.9 Å². The Morgan fingerprint density at radius 1 is 1.36 bits per heavy atom. The zero-order chi connectivity index (χ0) is 10.6. The van der Waals surface area contributed by atoms with Crippen molar-refractivity contribution in [1.82, 2.24) is 5.43 Å². The van der Waals surface area contributed by atoms with Gasteiger partial charge in [0, 0.05) is 0 Å². The summed E-state index contributed by atoms with van der Waals surface area (Å²) in [5.74, 6) is 0.0507. The lowest BCUT2D eigenvalue weighted by Crippen LogP contribution is -2.26. The fourth-order valence-corrected chi connectivity index (χ4v) is 1.26. The van der Waals surface area contributed by atoms with Crippen LogP contribution in [-0.2, 0) is 6.54 Å². The van der Waals surface area contributed by atoms with E-state index in [1.54, 1.807) is 0 Å². The zero-order valence-corrected chi connectivity index (χ0v) is 8.54. The number of aryl methyl sites for hydroxylation is 2.